The molecule has 1 heterocycles. The van der Waals surface area contributed by atoms with E-state index in [-0.39, 0.29) is 0 Å². The lowest BCUT2D eigenvalue weighted by Gasteiger charge is -2.24. The molecule has 2 rings (SSSR count). The first-order valence-electron chi connectivity index (χ1n) is 5.51. The molecule has 0 aliphatic carbocycles. The molecule has 88 valence electrons. The summed E-state index contributed by atoms with van der Waals surface area (Å²) in [7, 11) is 0. The Morgan fingerprint density at radius 3 is 2.94 bits per heavy atom. The van der Waals surface area contributed by atoms with Crippen molar-refractivity contribution in [2.45, 2.75) is 25.8 Å². The minimum Gasteiger partial charge on any atom is -0.368 e. The normalized spacial score (nSPS) is 19.3. The number of hydrogen-bond acceptors (Lipinski definition) is 3. The van der Waals surface area contributed by atoms with Gasteiger partial charge in [0.25, 0.3) is 0 Å². The number of anilines is 1. The molecule has 1 aromatic carbocycles. The molecule has 0 spiro atoms. The van der Waals surface area contributed by atoms with Crippen LogP contribution in [-0.2, 0) is 4.84 Å². The fourth-order valence-corrected chi connectivity index (χ4v) is 2.67. The Morgan fingerprint density at radius 2 is 2.31 bits per heavy atom. The van der Waals surface area contributed by atoms with Gasteiger partial charge in [-0.1, -0.05) is 15.9 Å². The zero-order valence-corrected chi connectivity index (χ0v) is 11.2. The molecule has 1 aliphatic heterocycles. The van der Waals surface area contributed by atoms with E-state index in [1.54, 1.807) is 0 Å². The standard InChI is InChI=1S/C12H17BrN2O/c1-8(2)15-6-9(7-16-14)11-5-10(13)3-4-12(11)15/h3-5,8-9H,6-7,14H2,1-2H3. The molecular formula is C12H17BrN2O. The molecule has 0 saturated heterocycles. The van der Waals surface area contributed by atoms with Gasteiger partial charge in [-0.2, -0.15) is 0 Å². The molecule has 16 heavy (non-hydrogen) atoms. The average molecular weight is 285 g/mol. The van der Waals surface area contributed by atoms with Crippen molar-refractivity contribution in [3.63, 3.8) is 0 Å². The molecule has 0 aromatic heterocycles. The summed E-state index contributed by atoms with van der Waals surface area (Å²) in [5.41, 5.74) is 2.63. The quantitative estimate of drug-likeness (QED) is 0.868. The molecule has 0 fully saturated rings. The number of rotatable bonds is 3. The van der Waals surface area contributed by atoms with Crippen LogP contribution in [0.2, 0.25) is 0 Å². The SMILES string of the molecule is CC(C)N1CC(CON)c2cc(Br)ccc21. The van der Waals surface area contributed by atoms with Crippen LogP contribution >= 0.6 is 15.9 Å². The Labute approximate surface area is 105 Å². The van der Waals surface area contributed by atoms with Gasteiger partial charge in [0.05, 0.1) is 6.61 Å². The summed E-state index contributed by atoms with van der Waals surface area (Å²) in [6.45, 7) is 5.97. The van der Waals surface area contributed by atoms with E-state index < -0.39 is 0 Å². The summed E-state index contributed by atoms with van der Waals surface area (Å²) in [6, 6.07) is 6.92. The predicted molar refractivity (Wildman–Crippen MR) is 69.5 cm³/mol. The molecule has 2 N–H and O–H groups in total. The summed E-state index contributed by atoms with van der Waals surface area (Å²) in [6.07, 6.45) is 0. The first-order valence-corrected chi connectivity index (χ1v) is 6.30. The highest BCUT2D eigenvalue weighted by molar-refractivity contribution is 9.10. The summed E-state index contributed by atoms with van der Waals surface area (Å²) in [5.74, 6) is 5.57. The van der Waals surface area contributed by atoms with Crippen LogP contribution in [0.1, 0.15) is 25.3 Å². The highest BCUT2D eigenvalue weighted by Gasteiger charge is 2.30. The van der Waals surface area contributed by atoms with E-state index in [0.29, 0.717) is 18.6 Å². The second-order valence-electron chi connectivity index (χ2n) is 4.48. The Kier molecular flexibility index (Phi) is 3.52. The lowest BCUT2D eigenvalue weighted by molar-refractivity contribution is 0.125. The second kappa shape index (κ2) is 4.73. The van der Waals surface area contributed by atoms with Gasteiger partial charge in [-0.15, -0.1) is 0 Å². The van der Waals surface area contributed by atoms with Gasteiger partial charge in [-0.25, -0.2) is 5.90 Å². The molecule has 1 atom stereocenters. The highest BCUT2D eigenvalue weighted by atomic mass is 79.9. The molecule has 3 nitrogen and oxygen atoms in total. The molecular weight excluding hydrogens is 268 g/mol. The van der Waals surface area contributed by atoms with Gasteiger partial charge in [0.1, 0.15) is 0 Å². The summed E-state index contributed by atoms with van der Waals surface area (Å²) < 4.78 is 1.11. The highest BCUT2D eigenvalue weighted by Crippen LogP contribution is 2.38. The topological polar surface area (TPSA) is 38.5 Å². The van der Waals surface area contributed by atoms with Crippen molar-refractivity contribution in [2.75, 3.05) is 18.1 Å². The molecule has 0 radical (unpaired) electrons. The maximum Gasteiger partial charge on any atom is 0.0765 e. The van der Waals surface area contributed by atoms with Crippen LogP contribution in [0.4, 0.5) is 5.69 Å². The van der Waals surface area contributed by atoms with Crippen molar-refractivity contribution in [1.82, 2.24) is 0 Å². The lowest BCUT2D eigenvalue weighted by atomic mass is 10.0. The van der Waals surface area contributed by atoms with Gasteiger partial charge in [-0.3, -0.25) is 0 Å². The summed E-state index contributed by atoms with van der Waals surface area (Å²) in [5, 5.41) is 0. The number of nitrogens with two attached hydrogens (primary N) is 1. The Balaban J connectivity index is 2.36. The van der Waals surface area contributed by atoms with E-state index >= 15 is 0 Å². The average Bonchev–Trinajstić information content (AvgIpc) is 2.58. The van der Waals surface area contributed by atoms with Crippen molar-refractivity contribution in [2.24, 2.45) is 5.90 Å². The van der Waals surface area contributed by atoms with Crippen molar-refractivity contribution in [3.05, 3.63) is 28.2 Å². The minimum atomic E-state index is 0.375. The van der Waals surface area contributed by atoms with Gasteiger partial charge in [0.2, 0.25) is 0 Å². The molecule has 1 aromatic rings. The molecule has 0 amide bonds. The third-order valence-electron chi connectivity index (χ3n) is 3.08. The van der Waals surface area contributed by atoms with Crippen molar-refractivity contribution in [1.29, 1.82) is 0 Å². The second-order valence-corrected chi connectivity index (χ2v) is 5.40. The van der Waals surface area contributed by atoms with Crippen LogP contribution in [0.3, 0.4) is 0 Å². The van der Waals surface area contributed by atoms with E-state index in [4.69, 9.17) is 10.7 Å². The van der Waals surface area contributed by atoms with E-state index in [1.165, 1.54) is 11.3 Å². The first-order chi connectivity index (χ1) is 7.63. The van der Waals surface area contributed by atoms with Gasteiger partial charge < -0.3 is 9.74 Å². The Hall–Kier alpha value is -0.580. The monoisotopic (exact) mass is 284 g/mol. The Bertz CT molecular complexity index is 381. The van der Waals surface area contributed by atoms with Crippen LogP contribution in [0, 0.1) is 0 Å². The molecule has 4 heteroatoms. The molecule has 1 unspecified atom stereocenters. The van der Waals surface area contributed by atoms with Gasteiger partial charge in [-0.05, 0) is 37.6 Å². The summed E-state index contributed by atoms with van der Waals surface area (Å²) >= 11 is 3.51. The van der Waals surface area contributed by atoms with E-state index in [2.05, 4.69) is 52.9 Å². The summed E-state index contributed by atoms with van der Waals surface area (Å²) in [4.78, 5) is 7.20. The van der Waals surface area contributed by atoms with Crippen molar-refractivity contribution >= 4 is 21.6 Å². The maximum absolute atomic E-state index is 5.19. The number of fused-ring (bicyclic) bond motifs is 1. The van der Waals surface area contributed by atoms with Crippen molar-refractivity contribution in [3.8, 4) is 0 Å². The van der Waals surface area contributed by atoms with Crippen LogP contribution in [0.5, 0.6) is 0 Å². The minimum absolute atomic E-state index is 0.375. The van der Waals surface area contributed by atoms with Crippen LogP contribution < -0.4 is 10.8 Å². The molecule has 0 saturated carbocycles. The van der Waals surface area contributed by atoms with Crippen LogP contribution in [0.15, 0.2) is 22.7 Å². The zero-order valence-electron chi connectivity index (χ0n) is 9.61. The van der Waals surface area contributed by atoms with E-state index in [1.807, 2.05) is 0 Å². The number of halogens is 1. The van der Waals surface area contributed by atoms with E-state index in [9.17, 15) is 0 Å². The van der Waals surface area contributed by atoms with Gasteiger partial charge >= 0.3 is 0 Å². The van der Waals surface area contributed by atoms with Crippen LogP contribution in [-0.4, -0.2) is 19.2 Å². The molecule has 1 aliphatic rings. The largest absolute Gasteiger partial charge is 0.368 e. The van der Waals surface area contributed by atoms with E-state index in [0.717, 1.165) is 11.0 Å². The molecule has 0 bridgehead atoms. The fourth-order valence-electron chi connectivity index (χ4n) is 2.30. The Morgan fingerprint density at radius 1 is 1.56 bits per heavy atom. The lowest BCUT2D eigenvalue weighted by Crippen LogP contribution is -2.30. The fraction of sp³-hybridized carbons (Fsp3) is 0.500. The first kappa shape index (κ1) is 11.9. The van der Waals surface area contributed by atoms with Gasteiger partial charge in [0.15, 0.2) is 0 Å². The van der Waals surface area contributed by atoms with Crippen LogP contribution in [0.25, 0.3) is 0 Å². The van der Waals surface area contributed by atoms with Crippen molar-refractivity contribution < 1.29 is 4.84 Å². The smallest absolute Gasteiger partial charge is 0.0765 e. The van der Waals surface area contributed by atoms with Gasteiger partial charge in [0, 0.05) is 28.7 Å². The number of nitrogens with zero attached hydrogens (tertiary/aromatic N) is 1. The third kappa shape index (κ3) is 2.10. The number of benzene rings is 1. The maximum atomic E-state index is 5.19. The zero-order chi connectivity index (χ0) is 11.7. The number of hydrogen-bond donors (Lipinski definition) is 1. The third-order valence-corrected chi connectivity index (χ3v) is 3.57. The predicted octanol–water partition coefficient (Wildman–Crippen LogP) is 2.65.